The number of nitrogens with zero attached hydrogens (tertiary/aromatic N) is 4. The van der Waals surface area contributed by atoms with Crippen LogP contribution < -0.4 is 81.8 Å². The molecule has 22 N–H and O–H groups in total. The first-order valence-corrected chi connectivity index (χ1v) is 34.1. The van der Waals surface area contributed by atoms with Crippen LogP contribution in [0.25, 0.3) is 0 Å². The number of aromatic nitrogens is 3. The van der Waals surface area contributed by atoms with Gasteiger partial charge in [-0.15, -0.1) is 5.10 Å². The number of aliphatic imine (C=N–C) groups is 1. The molecule has 2 fully saturated rings. The molecule has 97 heavy (non-hydrogen) atoms. The van der Waals surface area contributed by atoms with Crippen LogP contribution in [0.2, 0.25) is 0 Å². The molecule has 35 nitrogen and oxygen atoms in total. The molecule has 1 aromatic carbocycles. The highest BCUT2D eigenvalue weighted by Crippen LogP contribution is 2.33. The van der Waals surface area contributed by atoms with Gasteiger partial charge < -0.3 is 106 Å². The van der Waals surface area contributed by atoms with Crippen molar-refractivity contribution in [1.29, 1.82) is 0 Å². The standard InChI is InChI=1S/C61H99N19O16S/c62-21-5-3-10-42-55(88)73-44(19-20-49(64)82)57(90)71-43(12-7-22-69-60(65)66)56(89)70-41(54(87)68-24-9-27-95-29-31-96-30-28-94-26-8-23-67-50(83)14-2-1-13-48-52-47(36-97-48)76-61(93)77-52)11-4-6-25-80-35-38(78-79-80)33-40(63)53(86)74-45(32-37-15-17-39(81)18-16-37)58(91)75-46(34-51(84)85)59(92)72-42/h15-18,35,40-48,52,81H,1-14,19-34,36,62-63H2,(H2,64,82)(H,67,83)(H,68,87)(H,70,89)(H,71,90)(H,72,92)(H,73,88)(H,74,86)(H,75,91)(H,84,85)(H4,65,66,69)(H2,76,77,93)/t40-,41-,42-,43-,44-,45-,46-,47+,48?,52+/m0/s1. The number of carbonyl (C=O) groups is 11. The Labute approximate surface area is 567 Å². The number of carboxylic acid groups (broad SMARTS) is 1. The first-order chi connectivity index (χ1) is 46.6. The zero-order valence-electron chi connectivity index (χ0n) is 54.8. The monoisotopic (exact) mass is 1390 g/mol. The number of nitrogens with one attached hydrogen (secondary N) is 10. The summed E-state index contributed by atoms with van der Waals surface area (Å²) in [4.78, 5) is 152. The molecule has 4 heterocycles. The van der Waals surface area contributed by atoms with Crippen LogP contribution in [0.5, 0.6) is 5.75 Å². The Bertz CT molecular complexity index is 2910. The number of aromatic hydroxyl groups is 1. The highest BCUT2D eigenvalue weighted by molar-refractivity contribution is 8.00. The number of unbranched alkanes of at least 4 members (excludes halogenated alkanes) is 2. The quantitative estimate of drug-likeness (QED) is 0.0135. The molecule has 0 radical (unpaired) electrons. The highest BCUT2D eigenvalue weighted by Gasteiger charge is 2.43. The Morgan fingerprint density at radius 3 is 1.89 bits per heavy atom. The largest absolute Gasteiger partial charge is 0.508 e. The van der Waals surface area contributed by atoms with Crippen LogP contribution >= 0.6 is 11.8 Å². The van der Waals surface area contributed by atoms with Gasteiger partial charge >= 0.3 is 12.0 Å². The van der Waals surface area contributed by atoms with Gasteiger partial charge in [-0.1, -0.05) is 23.8 Å². The minimum atomic E-state index is -1.87. The Kier molecular flexibility index (Phi) is 35.7. The first kappa shape index (κ1) is 79.2. The lowest BCUT2D eigenvalue weighted by Crippen LogP contribution is -2.60. The number of phenolic OH excluding ortho intramolecular Hbond substituents is 1. The summed E-state index contributed by atoms with van der Waals surface area (Å²) >= 11 is 1.86. The number of ether oxygens (including phenoxy) is 3. The second kappa shape index (κ2) is 43.7. The van der Waals surface area contributed by atoms with Gasteiger partial charge in [0.1, 0.15) is 42.0 Å². The molecule has 2 aromatic rings. The second-order valence-electron chi connectivity index (χ2n) is 23.9. The molecule has 0 spiro atoms. The fourth-order valence-corrected chi connectivity index (χ4v) is 12.3. The average Bonchev–Trinajstić information content (AvgIpc) is 1.68. The van der Waals surface area contributed by atoms with E-state index >= 15 is 0 Å². The third-order valence-electron chi connectivity index (χ3n) is 16.0. The van der Waals surface area contributed by atoms with Gasteiger partial charge in [0.15, 0.2) is 5.96 Å². The summed E-state index contributed by atoms with van der Waals surface area (Å²) in [6, 6.07) is -4.49. The number of urea groups is 1. The van der Waals surface area contributed by atoms with Crippen LogP contribution in [0.3, 0.4) is 0 Å². The van der Waals surface area contributed by atoms with Gasteiger partial charge in [-0.25, -0.2) is 4.79 Å². The number of hydrogen-bond acceptors (Lipinski definition) is 21. The number of carboxylic acids is 1. The number of primary amides is 1. The van der Waals surface area contributed by atoms with Gasteiger partial charge in [-0.3, -0.25) is 57.6 Å². The summed E-state index contributed by atoms with van der Waals surface area (Å²) in [5, 5.41) is 55.7. The number of benzene rings is 1. The van der Waals surface area contributed by atoms with Crippen molar-refractivity contribution in [3.8, 4) is 5.75 Å². The number of fused-ring (bicyclic) bond motifs is 3. The predicted octanol–water partition coefficient (Wildman–Crippen LogP) is -4.10. The molecule has 2 saturated heterocycles. The Morgan fingerprint density at radius 2 is 1.24 bits per heavy atom. The number of nitrogens with two attached hydrogens (primary N) is 5. The molecule has 5 rings (SSSR count). The molecule has 1 unspecified atom stereocenters. The summed E-state index contributed by atoms with van der Waals surface area (Å²) in [7, 11) is 0. The Balaban J connectivity index is 1.22. The third-order valence-corrected chi connectivity index (χ3v) is 17.5. The molecule has 540 valence electrons. The van der Waals surface area contributed by atoms with Gasteiger partial charge in [0.25, 0.3) is 0 Å². The van der Waals surface area contributed by atoms with E-state index < -0.39 is 115 Å². The molecule has 1 aromatic heterocycles. The lowest BCUT2D eigenvalue weighted by molar-refractivity contribution is -0.141. The lowest BCUT2D eigenvalue weighted by Gasteiger charge is -2.27. The molecule has 10 atom stereocenters. The summed E-state index contributed by atoms with van der Waals surface area (Å²) in [5.74, 6) is -8.17. The maximum Gasteiger partial charge on any atom is 0.315 e. The van der Waals surface area contributed by atoms with E-state index in [1.54, 1.807) is 6.20 Å². The summed E-state index contributed by atoms with van der Waals surface area (Å²) in [6.07, 6.45) is 4.66. The molecule has 0 saturated carbocycles. The van der Waals surface area contributed by atoms with Crippen molar-refractivity contribution in [2.45, 2.75) is 188 Å². The number of carbonyl (C=O) groups excluding carboxylic acids is 10. The van der Waals surface area contributed by atoms with E-state index in [1.807, 2.05) is 11.8 Å². The SMILES string of the molecule is NCCCC[C@@H]1NC(=O)[C@H](CC(=O)O)NC(=O)[C@H](Cc2ccc(O)cc2)NC(=O)[C@@H](N)Cc2cn(nn2)CCCC[C@@H](C(=O)NCCCOCCOCCOCCCNC(=O)CCCCC2SC[C@H]3NC(=O)N[C@@H]23)NC(=O)[C@H](CCCN=C(N)N)NC(=O)[C@H](CCC(N)=O)NC1=O. The number of phenols is 1. The Morgan fingerprint density at radius 1 is 0.649 bits per heavy atom. The summed E-state index contributed by atoms with van der Waals surface area (Å²) in [5.41, 5.74) is 29.5. The fraction of sp³-hybridized carbons (Fsp3) is 0.672. The zero-order valence-corrected chi connectivity index (χ0v) is 55.6. The van der Waals surface area contributed by atoms with E-state index in [0.717, 1.165) is 25.0 Å². The molecule has 0 aliphatic carbocycles. The summed E-state index contributed by atoms with van der Waals surface area (Å²) < 4.78 is 18.5. The van der Waals surface area contributed by atoms with E-state index in [4.69, 9.17) is 42.9 Å². The molecular weight excluding hydrogens is 1290 g/mol. The van der Waals surface area contributed by atoms with Crippen molar-refractivity contribution >= 4 is 82.9 Å². The van der Waals surface area contributed by atoms with Gasteiger partial charge in [0, 0.05) is 82.3 Å². The normalized spacial score (nSPS) is 23.1. The van der Waals surface area contributed by atoms with E-state index in [9.17, 15) is 63.0 Å². The van der Waals surface area contributed by atoms with Crippen molar-refractivity contribution in [3.63, 3.8) is 0 Å². The van der Waals surface area contributed by atoms with E-state index in [-0.39, 0.29) is 127 Å². The van der Waals surface area contributed by atoms with Crippen molar-refractivity contribution in [1.82, 2.24) is 68.2 Å². The van der Waals surface area contributed by atoms with Crippen molar-refractivity contribution < 1.29 is 77.2 Å². The zero-order chi connectivity index (χ0) is 70.5. The minimum Gasteiger partial charge on any atom is -0.508 e. The topological polar surface area (TPSA) is 549 Å². The Hall–Kier alpha value is -8.45. The number of aryl methyl sites for hydroxylation is 1. The molecule has 36 heteroatoms. The number of hydrogen-bond donors (Lipinski definition) is 17. The number of thioether (sulfide) groups is 1. The van der Waals surface area contributed by atoms with Crippen molar-refractivity contribution in [2.75, 3.05) is 71.6 Å². The van der Waals surface area contributed by atoms with Crippen LogP contribution in [-0.4, -0.2) is 228 Å². The number of aliphatic carboxylic acids is 1. The number of guanidine groups is 1. The van der Waals surface area contributed by atoms with Crippen LogP contribution in [0.4, 0.5) is 4.79 Å². The number of rotatable bonds is 35. The smallest absolute Gasteiger partial charge is 0.315 e. The fourth-order valence-electron chi connectivity index (χ4n) is 10.8. The maximum absolute atomic E-state index is 14.4. The van der Waals surface area contributed by atoms with Crippen LogP contribution in [0.15, 0.2) is 35.5 Å². The number of amides is 11. The minimum absolute atomic E-state index is 0.00130. The predicted molar refractivity (Wildman–Crippen MR) is 354 cm³/mol. The van der Waals surface area contributed by atoms with Crippen LogP contribution in [0, 0.1) is 0 Å². The van der Waals surface area contributed by atoms with Crippen LogP contribution in [-0.2, 0) is 81.5 Å². The van der Waals surface area contributed by atoms with Gasteiger partial charge in [0.2, 0.25) is 53.2 Å². The van der Waals surface area contributed by atoms with Crippen molar-refractivity contribution in [2.24, 2.45) is 33.7 Å². The van der Waals surface area contributed by atoms with Crippen molar-refractivity contribution in [3.05, 3.63) is 41.7 Å². The molecule has 2 bridgehead atoms. The average molecular weight is 1390 g/mol. The molecule has 3 aliphatic heterocycles. The van der Waals surface area contributed by atoms with Gasteiger partial charge in [-0.05, 0) is 108 Å². The van der Waals surface area contributed by atoms with Gasteiger partial charge in [0.05, 0.1) is 56.7 Å². The molecular formula is C61H99N19O16S. The first-order valence-electron chi connectivity index (χ1n) is 33.1. The maximum atomic E-state index is 14.4. The molecule has 11 amide bonds. The van der Waals surface area contributed by atoms with E-state index in [0.29, 0.717) is 81.4 Å². The third kappa shape index (κ3) is 30.7. The van der Waals surface area contributed by atoms with Gasteiger partial charge in [-0.2, -0.15) is 11.8 Å². The van der Waals surface area contributed by atoms with E-state index in [1.165, 1.54) is 28.9 Å². The highest BCUT2D eigenvalue weighted by atomic mass is 32.2. The van der Waals surface area contributed by atoms with Crippen LogP contribution in [0.1, 0.15) is 120 Å². The second-order valence-corrected chi connectivity index (χ2v) is 25.2. The van der Waals surface area contributed by atoms with E-state index in [2.05, 4.69) is 68.5 Å². The lowest BCUT2D eigenvalue weighted by atomic mass is 10.0. The summed E-state index contributed by atoms with van der Waals surface area (Å²) in [6.45, 7) is 2.99. The molecule has 3 aliphatic rings.